The largest absolute Gasteiger partial charge is 0.322 e. The lowest BCUT2D eigenvalue weighted by molar-refractivity contribution is 1.24. The Morgan fingerprint density at radius 3 is 2.60 bits per heavy atom. The van der Waals surface area contributed by atoms with Gasteiger partial charge in [0, 0.05) is 17.3 Å². The molecule has 0 amide bonds. The van der Waals surface area contributed by atoms with Crippen LogP contribution in [-0.2, 0) is 0 Å². The molecule has 6 heteroatoms. The third-order valence-electron chi connectivity index (χ3n) is 2.45. The van der Waals surface area contributed by atoms with Gasteiger partial charge >= 0.3 is 0 Å². The summed E-state index contributed by atoms with van der Waals surface area (Å²) in [5.74, 6) is 0. The molecule has 20 heavy (non-hydrogen) atoms. The second kappa shape index (κ2) is 5.98. The van der Waals surface area contributed by atoms with Gasteiger partial charge in [0.25, 0.3) is 0 Å². The number of aromatic nitrogens is 1. The van der Waals surface area contributed by atoms with Crippen molar-refractivity contribution in [3.05, 3.63) is 52.8 Å². The van der Waals surface area contributed by atoms with Crippen LogP contribution < -0.4 is 11.0 Å². The lowest BCUT2D eigenvalue weighted by atomic mass is 10.1. The van der Waals surface area contributed by atoms with Crippen LogP contribution in [0, 0.1) is 22.7 Å². The summed E-state index contributed by atoms with van der Waals surface area (Å²) in [5.41, 5.74) is 4.25. The molecule has 0 bridgehead atoms. The highest BCUT2D eigenvalue weighted by Crippen LogP contribution is 2.19. The summed E-state index contributed by atoms with van der Waals surface area (Å²) in [6, 6.07) is 15.3. The lowest BCUT2D eigenvalue weighted by Gasteiger charge is -2.04. The Balaban J connectivity index is 2.30. The van der Waals surface area contributed by atoms with E-state index in [1.807, 2.05) is 6.07 Å². The van der Waals surface area contributed by atoms with Gasteiger partial charge in [0.2, 0.25) is 11.3 Å². The summed E-state index contributed by atoms with van der Waals surface area (Å²) in [6.07, 6.45) is 0. The molecule has 0 aliphatic carbocycles. The predicted molar refractivity (Wildman–Crippen MR) is 74.8 cm³/mol. The number of hydrazone groups is 1. The molecule has 1 aromatic heterocycles. The molecule has 0 unspecified atom stereocenters. The summed E-state index contributed by atoms with van der Waals surface area (Å²) >= 11 is 0. The number of nitriles is 2. The van der Waals surface area contributed by atoms with E-state index in [4.69, 9.17) is 10.5 Å². The van der Waals surface area contributed by atoms with Crippen LogP contribution in [0.2, 0.25) is 0 Å². The van der Waals surface area contributed by atoms with Crippen LogP contribution in [0.4, 0.5) is 5.69 Å². The normalized spacial score (nSPS) is 9.10. The van der Waals surface area contributed by atoms with Gasteiger partial charge in [-0.2, -0.15) is 15.6 Å². The van der Waals surface area contributed by atoms with E-state index in [-0.39, 0.29) is 11.3 Å². The molecule has 2 aromatic rings. The molecule has 0 radical (unpaired) electrons. The second-order valence-electron chi connectivity index (χ2n) is 3.81. The van der Waals surface area contributed by atoms with Gasteiger partial charge in [0.05, 0.1) is 5.69 Å². The molecule has 6 nitrogen and oxygen atoms in total. The van der Waals surface area contributed by atoms with E-state index >= 15 is 0 Å². The topological polar surface area (TPSA) is 105 Å². The van der Waals surface area contributed by atoms with Crippen LogP contribution in [0.15, 0.2) is 52.4 Å². The fraction of sp³-hybridized carbons (Fsp3) is 0. The molecule has 0 fully saturated rings. The molecular formula is C14H9N5O. The van der Waals surface area contributed by atoms with Gasteiger partial charge in [-0.05, 0) is 18.2 Å². The zero-order valence-corrected chi connectivity index (χ0v) is 10.3. The van der Waals surface area contributed by atoms with E-state index in [0.29, 0.717) is 11.4 Å². The number of aromatic amines is 1. The van der Waals surface area contributed by atoms with Crippen LogP contribution >= 0.6 is 0 Å². The standard InChI is InChI=1S/C14H9N5O/c15-8-12(9-16)19-18-11-4-1-3-10(7-11)13-5-2-6-14(20)17-13/h1-7,18H,(H,17,20). The highest BCUT2D eigenvalue weighted by atomic mass is 16.1. The predicted octanol–water partition coefficient (Wildman–Crippen LogP) is 1.86. The molecule has 1 heterocycles. The smallest absolute Gasteiger partial charge is 0.248 e. The number of pyridine rings is 1. The maximum atomic E-state index is 11.3. The third kappa shape index (κ3) is 3.09. The molecule has 2 rings (SSSR count). The lowest BCUT2D eigenvalue weighted by Crippen LogP contribution is -2.03. The first-order chi connectivity index (χ1) is 9.72. The van der Waals surface area contributed by atoms with Gasteiger partial charge in [0.15, 0.2) is 0 Å². The van der Waals surface area contributed by atoms with Crippen molar-refractivity contribution in [2.75, 3.05) is 5.43 Å². The van der Waals surface area contributed by atoms with E-state index in [2.05, 4.69) is 15.5 Å². The Hall–Kier alpha value is -3.38. The molecular weight excluding hydrogens is 254 g/mol. The number of H-pyrrole nitrogens is 1. The van der Waals surface area contributed by atoms with Gasteiger partial charge in [-0.1, -0.05) is 18.2 Å². The van der Waals surface area contributed by atoms with E-state index in [1.54, 1.807) is 42.5 Å². The van der Waals surface area contributed by atoms with Crippen LogP contribution in [-0.4, -0.2) is 10.7 Å². The maximum Gasteiger partial charge on any atom is 0.248 e. The SMILES string of the molecule is N#CC(C#N)=NNc1cccc(-c2cccc(=O)[nH]2)c1. The first-order valence-electron chi connectivity index (χ1n) is 5.66. The molecule has 0 spiro atoms. The first kappa shape index (κ1) is 13.1. The third-order valence-corrected chi connectivity index (χ3v) is 2.45. The zero-order valence-electron chi connectivity index (χ0n) is 10.3. The quantitative estimate of drug-likeness (QED) is 0.651. The summed E-state index contributed by atoms with van der Waals surface area (Å²) in [7, 11) is 0. The Kier molecular flexibility index (Phi) is 3.91. The van der Waals surface area contributed by atoms with Gasteiger partial charge in [-0.15, -0.1) is 0 Å². The van der Waals surface area contributed by atoms with Gasteiger partial charge in [-0.25, -0.2) is 0 Å². The average Bonchev–Trinajstić information content (AvgIpc) is 2.49. The van der Waals surface area contributed by atoms with Crippen molar-refractivity contribution in [1.29, 1.82) is 10.5 Å². The van der Waals surface area contributed by atoms with Crippen molar-refractivity contribution >= 4 is 11.4 Å². The van der Waals surface area contributed by atoms with Crippen molar-refractivity contribution < 1.29 is 0 Å². The number of nitrogens with zero attached hydrogens (tertiary/aromatic N) is 3. The second-order valence-corrected chi connectivity index (χ2v) is 3.81. The van der Waals surface area contributed by atoms with Crippen LogP contribution in [0.5, 0.6) is 0 Å². The molecule has 0 saturated carbocycles. The minimum absolute atomic E-state index is 0.185. The Labute approximate surface area is 114 Å². The van der Waals surface area contributed by atoms with E-state index in [0.717, 1.165) is 5.56 Å². The van der Waals surface area contributed by atoms with Gasteiger partial charge < -0.3 is 4.98 Å². The van der Waals surface area contributed by atoms with E-state index in [9.17, 15) is 4.79 Å². The van der Waals surface area contributed by atoms with Crippen LogP contribution in [0.3, 0.4) is 0 Å². The first-order valence-corrected chi connectivity index (χ1v) is 5.66. The number of benzene rings is 1. The number of hydrogen-bond acceptors (Lipinski definition) is 5. The monoisotopic (exact) mass is 263 g/mol. The van der Waals surface area contributed by atoms with Crippen molar-refractivity contribution in [2.45, 2.75) is 0 Å². The Morgan fingerprint density at radius 2 is 1.90 bits per heavy atom. The Morgan fingerprint density at radius 1 is 1.15 bits per heavy atom. The van der Waals surface area contributed by atoms with E-state index in [1.165, 1.54) is 6.07 Å². The van der Waals surface area contributed by atoms with Crippen molar-refractivity contribution in [3.8, 4) is 23.4 Å². The number of rotatable bonds is 3. The van der Waals surface area contributed by atoms with Crippen molar-refractivity contribution in [3.63, 3.8) is 0 Å². The zero-order chi connectivity index (χ0) is 14.4. The van der Waals surface area contributed by atoms with Crippen molar-refractivity contribution in [1.82, 2.24) is 4.98 Å². The number of anilines is 1. The molecule has 0 aliphatic heterocycles. The molecule has 2 N–H and O–H groups in total. The van der Waals surface area contributed by atoms with E-state index < -0.39 is 0 Å². The number of nitrogens with one attached hydrogen (secondary N) is 2. The molecule has 0 saturated heterocycles. The summed E-state index contributed by atoms with van der Waals surface area (Å²) in [5, 5.41) is 20.8. The fourth-order valence-corrected chi connectivity index (χ4v) is 1.57. The molecule has 96 valence electrons. The average molecular weight is 263 g/mol. The van der Waals surface area contributed by atoms with Crippen LogP contribution in [0.25, 0.3) is 11.3 Å². The minimum Gasteiger partial charge on any atom is -0.322 e. The number of hydrogen-bond donors (Lipinski definition) is 2. The maximum absolute atomic E-state index is 11.3. The summed E-state index contributed by atoms with van der Waals surface area (Å²) in [6.45, 7) is 0. The van der Waals surface area contributed by atoms with Crippen LogP contribution in [0.1, 0.15) is 0 Å². The highest BCUT2D eigenvalue weighted by Gasteiger charge is 2.00. The van der Waals surface area contributed by atoms with Gasteiger partial charge in [-0.3, -0.25) is 10.2 Å². The van der Waals surface area contributed by atoms with Gasteiger partial charge in [0.1, 0.15) is 12.1 Å². The summed E-state index contributed by atoms with van der Waals surface area (Å²) in [4.78, 5) is 14.0. The summed E-state index contributed by atoms with van der Waals surface area (Å²) < 4.78 is 0. The molecule has 0 atom stereocenters. The molecule has 1 aromatic carbocycles. The molecule has 0 aliphatic rings. The minimum atomic E-state index is -0.261. The fourth-order valence-electron chi connectivity index (χ4n) is 1.57. The van der Waals surface area contributed by atoms with Crippen molar-refractivity contribution in [2.24, 2.45) is 5.10 Å². The highest BCUT2D eigenvalue weighted by molar-refractivity contribution is 6.10. The Bertz CT molecular complexity index is 776.